The molecule has 2 aromatic carbocycles. The van der Waals surface area contributed by atoms with E-state index in [1.165, 1.54) is 65.1 Å². The van der Waals surface area contributed by atoms with Gasteiger partial charge in [0, 0.05) is 24.1 Å². The monoisotopic (exact) mass is 1040 g/mol. The average Bonchev–Trinajstić information content (AvgIpc) is 3.24. The number of benzene rings is 2. The zero-order valence-corrected chi connectivity index (χ0v) is 39.0. The molecule has 0 radical (unpaired) electrons. The minimum Gasteiger partial charge on any atom is -0.497 e. The van der Waals surface area contributed by atoms with Gasteiger partial charge in [-0.1, -0.05) is 58.9 Å². The molecule has 0 heterocycles. The lowest BCUT2D eigenvalue weighted by Crippen LogP contribution is -2.74. The third kappa shape index (κ3) is 13.0. The van der Waals surface area contributed by atoms with Crippen molar-refractivity contribution < 1.29 is 108 Å². The summed E-state index contributed by atoms with van der Waals surface area (Å²) in [6.07, 6.45) is -7.76. The number of hydrogen-bond donors (Lipinski definition) is 1. The van der Waals surface area contributed by atoms with Crippen LogP contribution in [0.15, 0.2) is 72.3 Å². The standard InChI is InChI=1S/C43H50F17NO7Si/c1-9-65-33(62)24-27(6)10-11-28(7)34(68-35(63)61-30-14-18-31(64-8)19-15-30)29-12-16-32(17-13-29)66-21-22-67-69(25(2)3,26(4)5)23-20-36(44,45)37(46,47)38(48,49)39(50,51)40(52,53)41(54,55)42(56,57)43(58,59)60/h10-19,24-26,28,34H,9,20-23H2,1-8H3,(H,61,63)/b11-10+,27-24+/t28-,34+/m1/s1. The number of hydrogen-bond acceptors (Lipinski definition) is 7. The summed E-state index contributed by atoms with van der Waals surface area (Å²) in [6.45, 7) is 9.41. The summed E-state index contributed by atoms with van der Waals surface area (Å²) >= 11 is 0. The van der Waals surface area contributed by atoms with Crippen LogP contribution in [0.25, 0.3) is 0 Å². The predicted octanol–water partition coefficient (Wildman–Crippen LogP) is 14.2. The number of allylic oxidation sites excluding steroid dienone is 2. The van der Waals surface area contributed by atoms with Crippen molar-refractivity contribution in [3.63, 3.8) is 0 Å². The van der Waals surface area contributed by atoms with Gasteiger partial charge in [-0.25, -0.2) is 9.59 Å². The summed E-state index contributed by atoms with van der Waals surface area (Å²) in [7, 11) is -2.57. The highest BCUT2D eigenvalue weighted by Gasteiger charge is 2.95. The van der Waals surface area contributed by atoms with Crippen molar-refractivity contribution in [1.29, 1.82) is 0 Å². The Kier molecular flexibility index (Phi) is 19.7. The molecule has 0 aromatic heterocycles. The first kappa shape index (κ1) is 60.4. The van der Waals surface area contributed by atoms with E-state index < -0.39 is 117 Å². The van der Waals surface area contributed by atoms with Gasteiger partial charge in [-0.05, 0) is 78.5 Å². The largest absolute Gasteiger partial charge is 0.497 e. The molecule has 1 N–H and O–H groups in total. The fraction of sp³-hybridized carbons (Fsp3) is 0.581. The molecule has 0 fully saturated rings. The van der Waals surface area contributed by atoms with E-state index in [0.29, 0.717) is 22.6 Å². The van der Waals surface area contributed by atoms with Crippen molar-refractivity contribution in [2.24, 2.45) is 5.92 Å². The highest BCUT2D eigenvalue weighted by Crippen LogP contribution is 2.64. The number of nitrogens with one attached hydrogen (secondary N) is 1. The molecular weight excluding hydrogens is 994 g/mol. The van der Waals surface area contributed by atoms with Crippen molar-refractivity contribution >= 4 is 26.1 Å². The average molecular weight is 1040 g/mol. The fourth-order valence-electron chi connectivity index (χ4n) is 6.74. The number of methoxy groups -OCH3 is 1. The molecular formula is C43H50F17NO7Si. The minimum atomic E-state index is -8.70. The molecule has 8 nitrogen and oxygen atoms in total. The predicted molar refractivity (Wildman–Crippen MR) is 218 cm³/mol. The van der Waals surface area contributed by atoms with Gasteiger partial charge in [0.15, 0.2) is 8.32 Å². The molecule has 2 rings (SSSR count). The molecule has 1 amide bonds. The van der Waals surface area contributed by atoms with Crippen molar-refractivity contribution in [3.05, 3.63) is 77.9 Å². The molecule has 392 valence electrons. The third-order valence-corrected chi connectivity index (χ3v) is 16.5. The molecule has 2 atom stereocenters. The van der Waals surface area contributed by atoms with Crippen LogP contribution in [0.3, 0.4) is 0 Å². The second kappa shape index (κ2) is 22.6. The lowest BCUT2D eigenvalue weighted by molar-refractivity contribution is -0.461. The van der Waals surface area contributed by atoms with Crippen LogP contribution in [-0.2, 0) is 18.7 Å². The normalized spacial score (nSPS) is 15.1. The van der Waals surface area contributed by atoms with Crippen LogP contribution in [0.2, 0.25) is 17.1 Å². The molecule has 0 aliphatic rings. The Labute approximate surface area is 386 Å². The van der Waals surface area contributed by atoms with Gasteiger partial charge in [0.1, 0.15) is 24.2 Å². The minimum absolute atomic E-state index is 0.117. The summed E-state index contributed by atoms with van der Waals surface area (Å²) in [6, 6.07) is 10.8. The van der Waals surface area contributed by atoms with E-state index in [9.17, 15) is 75.4 Å². The van der Waals surface area contributed by atoms with Crippen LogP contribution in [0.5, 0.6) is 11.5 Å². The highest BCUT2D eigenvalue weighted by molar-refractivity contribution is 6.76. The summed E-state index contributed by atoms with van der Waals surface area (Å²) in [5, 5.41) is 2.59. The first-order valence-corrected chi connectivity index (χ1v) is 22.8. The van der Waals surface area contributed by atoms with E-state index in [4.69, 9.17) is 23.4 Å². The number of halogens is 17. The van der Waals surface area contributed by atoms with Crippen molar-refractivity contribution in [2.45, 2.75) is 126 Å². The van der Waals surface area contributed by atoms with Gasteiger partial charge in [0.25, 0.3) is 0 Å². The lowest BCUT2D eigenvalue weighted by Gasteiger charge is -2.44. The lowest BCUT2D eigenvalue weighted by atomic mass is 9.88. The Morgan fingerprint density at radius 3 is 1.61 bits per heavy atom. The first-order valence-electron chi connectivity index (χ1n) is 20.6. The van der Waals surface area contributed by atoms with Crippen molar-refractivity contribution in [3.8, 4) is 11.5 Å². The molecule has 2 aromatic rings. The van der Waals surface area contributed by atoms with E-state index in [1.807, 2.05) is 0 Å². The Morgan fingerprint density at radius 2 is 1.14 bits per heavy atom. The SMILES string of the molecule is CCOC(=O)/C=C(C)/C=C/[C@@H](C)[C@H](OC(=O)Nc1ccc(OC)cc1)c1ccc(OCCO[Si](CCC(F)(F)C(F)(F)C(F)(F)C(F)(F)C(F)(F)C(F)(F)C(F)(F)C(F)(F)F)(C(C)C)C(C)C)cc1. The Morgan fingerprint density at radius 1 is 0.667 bits per heavy atom. The Hall–Kier alpha value is -4.75. The molecule has 0 saturated carbocycles. The molecule has 0 aliphatic carbocycles. The van der Waals surface area contributed by atoms with Crippen LogP contribution in [-0.4, -0.2) is 94.9 Å². The van der Waals surface area contributed by atoms with E-state index in [0.717, 1.165) is 0 Å². The molecule has 69 heavy (non-hydrogen) atoms. The van der Waals surface area contributed by atoms with Crippen LogP contribution >= 0.6 is 0 Å². The van der Waals surface area contributed by atoms with Gasteiger partial charge in [-0.2, -0.15) is 74.6 Å². The topological polar surface area (TPSA) is 92.3 Å². The molecule has 26 heteroatoms. The fourth-order valence-corrected chi connectivity index (χ4v) is 11.2. The quantitative estimate of drug-likeness (QED) is 0.0264. The van der Waals surface area contributed by atoms with Gasteiger partial charge in [-0.15, -0.1) is 0 Å². The maximum absolute atomic E-state index is 15.0. The molecule has 0 saturated heterocycles. The number of carbonyl (C=O) groups excluding carboxylic acids is 2. The summed E-state index contributed by atoms with van der Waals surface area (Å²) in [5.41, 5.74) is -0.513. The number of alkyl halides is 17. The number of carbonyl (C=O) groups is 2. The Balaban J connectivity index is 2.33. The molecule has 0 spiro atoms. The number of ether oxygens (including phenoxy) is 4. The van der Waals surface area contributed by atoms with Gasteiger partial charge in [0.2, 0.25) is 0 Å². The summed E-state index contributed by atoms with van der Waals surface area (Å²) < 4.78 is 264. The van der Waals surface area contributed by atoms with E-state index >= 15 is 8.78 Å². The number of anilines is 1. The van der Waals surface area contributed by atoms with Crippen LogP contribution in [0, 0.1) is 5.92 Å². The highest BCUT2D eigenvalue weighted by atomic mass is 28.4. The maximum atomic E-state index is 15.0. The number of amides is 1. The zero-order valence-electron chi connectivity index (χ0n) is 38.0. The molecule has 0 unspecified atom stereocenters. The molecule has 0 aliphatic heterocycles. The third-order valence-electron chi connectivity index (χ3n) is 10.8. The van der Waals surface area contributed by atoms with Crippen molar-refractivity contribution in [1.82, 2.24) is 0 Å². The molecule has 0 bridgehead atoms. The van der Waals surface area contributed by atoms with Gasteiger partial charge < -0.3 is 23.4 Å². The zero-order chi connectivity index (χ0) is 53.4. The van der Waals surface area contributed by atoms with Crippen molar-refractivity contribution in [2.75, 3.05) is 32.2 Å². The van der Waals surface area contributed by atoms with Crippen LogP contribution < -0.4 is 14.8 Å². The summed E-state index contributed by atoms with van der Waals surface area (Å²) in [5.74, 6) is -57.4. The van der Waals surface area contributed by atoms with Gasteiger partial charge in [0.05, 0.1) is 20.3 Å². The summed E-state index contributed by atoms with van der Waals surface area (Å²) in [4.78, 5) is 24.9. The second-order valence-corrected chi connectivity index (χ2v) is 21.2. The second-order valence-electron chi connectivity index (χ2n) is 16.2. The van der Waals surface area contributed by atoms with E-state index in [2.05, 4.69) is 5.32 Å². The van der Waals surface area contributed by atoms with E-state index in [1.54, 1.807) is 57.2 Å². The van der Waals surface area contributed by atoms with E-state index in [-0.39, 0.29) is 12.4 Å². The number of rotatable bonds is 25. The number of esters is 1. The Bertz CT molecular complexity index is 2050. The van der Waals surface area contributed by atoms with Crippen LogP contribution in [0.4, 0.5) is 85.1 Å². The van der Waals surface area contributed by atoms with Gasteiger partial charge in [-0.3, -0.25) is 5.32 Å². The first-order chi connectivity index (χ1) is 31.3. The maximum Gasteiger partial charge on any atom is 0.460 e. The smallest absolute Gasteiger partial charge is 0.460 e. The van der Waals surface area contributed by atoms with Gasteiger partial charge >= 0.3 is 59.7 Å². The van der Waals surface area contributed by atoms with Crippen LogP contribution in [0.1, 0.15) is 66.6 Å².